The SMILES string of the molecule is NC1CCC(Cn2nc(-c3ccccc3)c3cnc(NCc4ccc(C(F)(F)F)cc4)nc32)CC1. The molecule has 1 aliphatic carbocycles. The fraction of sp³-hybridized carbons (Fsp3) is 0.346. The quantitative estimate of drug-likeness (QED) is 0.373. The molecule has 2 aromatic heterocycles. The van der Waals surface area contributed by atoms with Crippen molar-refractivity contribution < 1.29 is 13.2 Å². The molecular formula is C26H27F3N6. The highest BCUT2D eigenvalue weighted by molar-refractivity contribution is 5.91. The Bertz CT molecular complexity index is 1280. The van der Waals surface area contributed by atoms with E-state index in [2.05, 4.69) is 10.3 Å². The predicted octanol–water partition coefficient (Wildman–Crippen LogP) is 5.64. The molecule has 1 aliphatic rings. The van der Waals surface area contributed by atoms with Crippen molar-refractivity contribution in [2.75, 3.05) is 5.32 Å². The van der Waals surface area contributed by atoms with E-state index >= 15 is 0 Å². The number of rotatable bonds is 6. The Morgan fingerprint density at radius 3 is 2.37 bits per heavy atom. The molecule has 3 N–H and O–H groups in total. The van der Waals surface area contributed by atoms with Crippen LogP contribution in [0, 0.1) is 5.92 Å². The van der Waals surface area contributed by atoms with Gasteiger partial charge in [-0.3, -0.25) is 0 Å². The molecule has 6 nitrogen and oxygen atoms in total. The summed E-state index contributed by atoms with van der Waals surface area (Å²) in [6.07, 6.45) is 1.58. The number of nitrogens with one attached hydrogen (secondary N) is 1. The van der Waals surface area contributed by atoms with Crippen molar-refractivity contribution in [3.63, 3.8) is 0 Å². The van der Waals surface area contributed by atoms with Gasteiger partial charge in [-0.15, -0.1) is 0 Å². The number of nitrogens with two attached hydrogens (primary N) is 1. The van der Waals surface area contributed by atoms with Crippen LogP contribution in [0.1, 0.15) is 36.8 Å². The molecule has 35 heavy (non-hydrogen) atoms. The maximum absolute atomic E-state index is 12.8. The topological polar surface area (TPSA) is 81.7 Å². The second-order valence-electron chi connectivity index (χ2n) is 9.16. The Labute approximate surface area is 201 Å². The number of anilines is 1. The molecule has 0 aliphatic heterocycles. The number of alkyl halides is 3. The van der Waals surface area contributed by atoms with Gasteiger partial charge >= 0.3 is 6.18 Å². The summed E-state index contributed by atoms with van der Waals surface area (Å²) in [5.74, 6) is 0.892. The van der Waals surface area contributed by atoms with Crippen LogP contribution in [0.25, 0.3) is 22.3 Å². The van der Waals surface area contributed by atoms with Crippen LogP contribution in [-0.4, -0.2) is 25.8 Å². The zero-order chi connectivity index (χ0) is 24.4. The Hall–Kier alpha value is -3.46. The fourth-order valence-electron chi connectivity index (χ4n) is 4.59. The number of hydrogen-bond acceptors (Lipinski definition) is 5. The first-order valence-corrected chi connectivity index (χ1v) is 11.8. The monoisotopic (exact) mass is 480 g/mol. The summed E-state index contributed by atoms with van der Waals surface area (Å²) in [6.45, 7) is 1.06. The molecule has 1 fully saturated rings. The molecule has 0 radical (unpaired) electrons. The summed E-state index contributed by atoms with van der Waals surface area (Å²) in [5, 5.41) is 8.91. The van der Waals surface area contributed by atoms with Gasteiger partial charge in [-0.25, -0.2) is 9.67 Å². The number of nitrogens with zero attached hydrogens (tertiary/aromatic N) is 4. The minimum atomic E-state index is -4.35. The van der Waals surface area contributed by atoms with Crippen molar-refractivity contribution in [2.24, 2.45) is 11.7 Å². The van der Waals surface area contributed by atoms with Gasteiger partial charge in [0.2, 0.25) is 5.95 Å². The molecule has 5 rings (SSSR count). The highest BCUT2D eigenvalue weighted by Gasteiger charge is 2.30. The van der Waals surface area contributed by atoms with Crippen LogP contribution in [0.3, 0.4) is 0 Å². The van der Waals surface area contributed by atoms with Gasteiger partial charge < -0.3 is 11.1 Å². The second-order valence-corrected chi connectivity index (χ2v) is 9.16. The minimum absolute atomic E-state index is 0.281. The van der Waals surface area contributed by atoms with Crippen molar-refractivity contribution in [1.82, 2.24) is 19.7 Å². The molecule has 2 heterocycles. The van der Waals surface area contributed by atoms with Gasteiger partial charge in [0.15, 0.2) is 5.65 Å². The van der Waals surface area contributed by atoms with E-state index in [0.29, 0.717) is 24.0 Å². The Kier molecular flexibility index (Phi) is 6.42. The molecule has 0 unspecified atom stereocenters. The average Bonchev–Trinajstić information content (AvgIpc) is 3.22. The molecule has 0 amide bonds. The predicted molar refractivity (Wildman–Crippen MR) is 129 cm³/mol. The lowest BCUT2D eigenvalue weighted by atomic mass is 9.86. The molecule has 0 spiro atoms. The minimum Gasteiger partial charge on any atom is -0.350 e. The third-order valence-electron chi connectivity index (χ3n) is 6.59. The molecule has 0 saturated heterocycles. The van der Waals surface area contributed by atoms with Crippen molar-refractivity contribution in [3.05, 3.63) is 71.9 Å². The highest BCUT2D eigenvalue weighted by Crippen LogP contribution is 2.31. The van der Waals surface area contributed by atoms with E-state index in [1.165, 1.54) is 12.1 Å². The zero-order valence-corrected chi connectivity index (χ0v) is 19.2. The first-order chi connectivity index (χ1) is 16.9. The first-order valence-electron chi connectivity index (χ1n) is 11.8. The second kappa shape index (κ2) is 9.65. The van der Waals surface area contributed by atoms with E-state index in [-0.39, 0.29) is 6.04 Å². The zero-order valence-electron chi connectivity index (χ0n) is 19.2. The van der Waals surface area contributed by atoms with E-state index < -0.39 is 11.7 Å². The largest absolute Gasteiger partial charge is 0.416 e. The Balaban J connectivity index is 1.41. The van der Waals surface area contributed by atoms with E-state index in [0.717, 1.165) is 66.7 Å². The summed E-state index contributed by atoms with van der Waals surface area (Å²) in [7, 11) is 0. The molecule has 1 saturated carbocycles. The van der Waals surface area contributed by atoms with Crippen LogP contribution in [0.2, 0.25) is 0 Å². The van der Waals surface area contributed by atoms with Gasteiger partial charge in [-0.1, -0.05) is 42.5 Å². The standard InChI is InChI=1S/C26H27F3N6/c27-26(28,29)20-10-6-17(7-11-20)14-31-25-32-15-22-23(19-4-2-1-3-5-19)34-35(24(22)33-25)16-18-8-12-21(30)13-9-18/h1-7,10-11,15,18,21H,8-9,12-14,16,30H2,(H,31,32,33). The number of hydrogen-bond donors (Lipinski definition) is 2. The third kappa shape index (κ3) is 5.30. The lowest BCUT2D eigenvalue weighted by molar-refractivity contribution is -0.137. The van der Waals surface area contributed by atoms with Crippen LogP contribution in [0.5, 0.6) is 0 Å². The van der Waals surface area contributed by atoms with Crippen LogP contribution < -0.4 is 11.1 Å². The lowest BCUT2D eigenvalue weighted by Crippen LogP contribution is -2.28. The molecule has 4 aromatic rings. The number of halogens is 3. The Morgan fingerprint density at radius 2 is 1.69 bits per heavy atom. The normalized spacial score (nSPS) is 18.6. The molecular weight excluding hydrogens is 453 g/mol. The number of fused-ring (bicyclic) bond motifs is 1. The highest BCUT2D eigenvalue weighted by atomic mass is 19.4. The van der Waals surface area contributed by atoms with Crippen LogP contribution in [-0.2, 0) is 19.3 Å². The van der Waals surface area contributed by atoms with Crippen LogP contribution in [0.15, 0.2) is 60.8 Å². The van der Waals surface area contributed by atoms with Crippen molar-refractivity contribution in [1.29, 1.82) is 0 Å². The molecule has 2 aromatic carbocycles. The van der Waals surface area contributed by atoms with Crippen molar-refractivity contribution >= 4 is 17.0 Å². The number of aromatic nitrogens is 4. The Morgan fingerprint density at radius 1 is 0.971 bits per heavy atom. The maximum Gasteiger partial charge on any atom is 0.416 e. The van der Waals surface area contributed by atoms with Crippen molar-refractivity contribution in [3.8, 4) is 11.3 Å². The smallest absolute Gasteiger partial charge is 0.350 e. The third-order valence-corrected chi connectivity index (χ3v) is 6.59. The van der Waals surface area contributed by atoms with E-state index in [9.17, 15) is 13.2 Å². The van der Waals surface area contributed by atoms with E-state index in [1.807, 2.05) is 35.0 Å². The lowest BCUT2D eigenvalue weighted by Gasteiger charge is -2.25. The summed E-state index contributed by atoms with van der Waals surface area (Å²) < 4.78 is 40.4. The van der Waals surface area contributed by atoms with Gasteiger partial charge in [-0.05, 0) is 49.3 Å². The summed E-state index contributed by atoms with van der Waals surface area (Å²) in [5.41, 5.74) is 8.70. The summed E-state index contributed by atoms with van der Waals surface area (Å²) >= 11 is 0. The summed E-state index contributed by atoms with van der Waals surface area (Å²) in [6, 6.07) is 15.3. The van der Waals surface area contributed by atoms with Crippen molar-refractivity contribution in [2.45, 2.75) is 51.0 Å². The van der Waals surface area contributed by atoms with Crippen LogP contribution >= 0.6 is 0 Å². The van der Waals surface area contributed by atoms with Crippen LogP contribution in [0.4, 0.5) is 19.1 Å². The molecule has 0 atom stereocenters. The van der Waals surface area contributed by atoms with Gasteiger partial charge in [-0.2, -0.15) is 23.3 Å². The molecule has 0 bridgehead atoms. The molecule has 182 valence electrons. The number of benzene rings is 2. The first kappa shape index (κ1) is 23.3. The van der Waals surface area contributed by atoms with E-state index in [4.69, 9.17) is 15.8 Å². The van der Waals surface area contributed by atoms with Gasteiger partial charge in [0.1, 0.15) is 5.69 Å². The summed E-state index contributed by atoms with van der Waals surface area (Å²) in [4.78, 5) is 9.21. The maximum atomic E-state index is 12.8. The van der Waals surface area contributed by atoms with Gasteiger partial charge in [0.05, 0.1) is 10.9 Å². The van der Waals surface area contributed by atoms with E-state index in [1.54, 1.807) is 6.20 Å². The van der Waals surface area contributed by atoms with Gasteiger partial charge in [0, 0.05) is 30.9 Å². The van der Waals surface area contributed by atoms with Gasteiger partial charge in [0.25, 0.3) is 0 Å². The molecule has 9 heteroatoms. The fourth-order valence-corrected chi connectivity index (χ4v) is 4.59. The average molecular weight is 481 g/mol.